The Morgan fingerprint density at radius 3 is 2.80 bits per heavy atom. The third-order valence-electron chi connectivity index (χ3n) is 2.80. The van der Waals surface area contributed by atoms with E-state index in [4.69, 9.17) is 4.74 Å². The second kappa shape index (κ2) is 5.82. The minimum absolute atomic E-state index is 0.0665. The van der Waals surface area contributed by atoms with Crippen LogP contribution in [0.15, 0.2) is 0 Å². The Morgan fingerprint density at radius 1 is 1.47 bits per heavy atom. The van der Waals surface area contributed by atoms with Gasteiger partial charge in [-0.05, 0) is 19.3 Å². The summed E-state index contributed by atoms with van der Waals surface area (Å²) < 4.78 is 30.6. The van der Waals surface area contributed by atoms with Crippen LogP contribution in [-0.2, 0) is 14.8 Å². The maximum absolute atomic E-state index is 11.9. The van der Waals surface area contributed by atoms with Gasteiger partial charge in [-0.25, -0.2) is 8.42 Å². The molecule has 1 fully saturated rings. The van der Waals surface area contributed by atoms with Gasteiger partial charge < -0.3 is 4.74 Å². The smallest absolute Gasteiger partial charge is 0.214 e. The van der Waals surface area contributed by atoms with Crippen LogP contribution in [-0.4, -0.2) is 44.8 Å². The van der Waals surface area contributed by atoms with Crippen molar-refractivity contribution in [2.45, 2.75) is 38.6 Å². The summed E-state index contributed by atoms with van der Waals surface area (Å²) in [7, 11) is -1.42. The van der Waals surface area contributed by atoms with E-state index < -0.39 is 10.0 Å². The van der Waals surface area contributed by atoms with Crippen molar-refractivity contribution in [3.63, 3.8) is 0 Å². The first-order valence-corrected chi connectivity index (χ1v) is 7.21. The molecule has 15 heavy (non-hydrogen) atoms. The van der Waals surface area contributed by atoms with Crippen LogP contribution in [0.5, 0.6) is 0 Å². The van der Waals surface area contributed by atoms with Gasteiger partial charge in [0.25, 0.3) is 0 Å². The fraction of sp³-hybridized carbons (Fsp3) is 1.00. The van der Waals surface area contributed by atoms with E-state index in [1.807, 2.05) is 6.92 Å². The highest BCUT2D eigenvalue weighted by molar-refractivity contribution is 7.89. The van der Waals surface area contributed by atoms with E-state index in [9.17, 15) is 8.42 Å². The number of ether oxygens (including phenoxy) is 1. The highest BCUT2D eigenvalue weighted by Crippen LogP contribution is 2.22. The monoisotopic (exact) mass is 235 g/mol. The van der Waals surface area contributed by atoms with E-state index in [1.165, 1.54) is 0 Å². The van der Waals surface area contributed by atoms with Crippen LogP contribution < -0.4 is 0 Å². The average Bonchev–Trinajstić information content (AvgIpc) is 2.64. The summed E-state index contributed by atoms with van der Waals surface area (Å²) in [5.41, 5.74) is 0. The Morgan fingerprint density at radius 2 is 2.20 bits per heavy atom. The van der Waals surface area contributed by atoms with E-state index in [0.717, 1.165) is 25.7 Å². The van der Waals surface area contributed by atoms with Crippen molar-refractivity contribution in [3.05, 3.63) is 0 Å². The first-order chi connectivity index (χ1) is 7.11. The Kier molecular flexibility index (Phi) is 5.02. The van der Waals surface area contributed by atoms with Crippen molar-refractivity contribution in [2.75, 3.05) is 26.0 Å². The summed E-state index contributed by atoms with van der Waals surface area (Å²) in [6.07, 6.45) is 3.55. The van der Waals surface area contributed by atoms with Gasteiger partial charge >= 0.3 is 0 Å². The highest BCUT2D eigenvalue weighted by Gasteiger charge is 2.33. The van der Waals surface area contributed by atoms with Crippen LogP contribution in [0.1, 0.15) is 32.6 Å². The summed E-state index contributed by atoms with van der Waals surface area (Å²) >= 11 is 0. The molecular weight excluding hydrogens is 214 g/mol. The molecule has 0 radical (unpaired) electrons. The van der Waals surface area contributed by atoms with Gasteiger partial charge in [-0.1, -0.05) is 13.3 Å². The lowest BCUT2D eigenvalue weighted by Crippen LogP contribution is -2.39. The Labute approximate surface area is 92.7 Å². The van der Waals surface area contributed by atoms with Gasteiger partial charge in [-0.2, -0.15) is 4.31 Å². The van der Waals surface area contributed by atoms with Gasteiger partial charge in [-0.15, -0.1) is 0 Å². The topological polar surface area (TPSA) is 46.6 Å². The molecule has 0 N–H and O–H groups in total. The highest BCUT2D eigenvalue weighted by atomic mass is 32.2. The van der Waals surface area contributed by atoms with E-state index in [1.54, 1.807) is 11.4 Å². The third-order valence-corrected chi connectivity index (χ3v) is 4.80. The molecule has 1 rings (SSSR count). The van der Waals surface area contributed by atoms with Gasteiger partial charge in [0.1, 0.15) is 0 Å². The predicted octanol–water partition coefficient (Wildman–Crippen LogP) is 1.23. The van der Waals surface area contributed by atoms with Crippen LogP contribution >= 0.6 is 0 Å². The summed E-state index contributed by atoms with van der Waals surface area (Å²) in [6, 6.07) is 0.0665. The van der Waals surface area contributed by atoms with E-state index in [0.29, 0.717) is 13.2 Å². The largest absolute Gasteiger partial charge is 0.383 e. The van der Waals surface area contributed by atoms with Crippen LogP contribution in [0.2, 0.25) is 0 Å². The van der Waals surface area contributed by atoms with Crippen molar-refractivity contribution < 1.29 is 13.2 Å². The minimum atomic E-state index is -3.04. The zero-order valence-corrected chi connectivity index (χ0v) is 10.4. The lowest BCUT2D eigenvalue weighted by Gasteiger charge is -2.23. The van der Waals surface area contributed by atoms with Gasteiger partial charge in [-0.3, -0.25) is 0 Å². The van der Waals surface area contributed by atoms with Crippen LogP contribution in [0.4, 0.5) is 0 Å². The molecular formula is C10H21NO3S. The number of unbranched alkanes of at least 4 members (excludes halogenated alkanes) is 1. The maximum Gasteiger partial charge on any atom is 0.214 e. The van der Waals surface area contributed by atoms with Crippen molar-refractivity contribution in [3.8, 4) is 0 Å². The molecule has 1 atom stereocenters. The van der Waals surface area contributed by atoms with Crippen LogP contribution in [0.3, 0.4) is 0 Å². The lowest BCUT2D eigenvalue weighted by atomic mass is 10.2. The normalized spacial score (nSPS) is 23.5. The average molecular weight is 235 g/mol. The van der Waals surface area contributed by atoms with Gasteiger partial charge in [0.15, 0.2) is 0 Å². The van der Waals surface area contributed by atoms with Crippen LogP contribution in [0.25, 0.3) is 0 Å². The SMILES string of the molecule is CCCCS(=O)(=O)N1CCC[C@H]1COC. The van der Waals surface area contributed by atoms with Crippen molar-refractivity contribution >= 4 is 10.0 Å². The molecule has 1 saturated heterocycles. The van der Waals surface area contributed by atoms with E-state index in [2.05, 4.69) is 0 Å². The molecule has 5 heteroatoms. The molecule has 0 aromatic rings. The molecule has 0 amide bonds. The molecule has 1 aliphatic rings. The molecule has 4 nitrogen and oxygen atoms in total. The molecule has 0 aliphatic carbocycles. The molecule has 0 unspecified atom stereocenters. The second-order valence-corrected chi connectivity index (χ2v) is 6.07. The standard InChI is InChI=1S/C10H21NO3S/c1-3-4-8-15(12,13)11-7-5-6-10(11)9-14-2/h10H,3-9H2,1-2H3/t10-/m0/s1. The van der Waals surface area contributed by atoms with Gasteiger partial charge in [0.2, 0.25) is 10.0 Å². The zero-order valence-electron chi connectivity index (χ0n) is 9.61. The van der Waals surface area contributed by atoms with E-state index >= 15 is 0 Å². The Hall–Kier alpha value is -0.130. The Bertz CT molecular complexity index is 276. The maximum atomic E-state index is 11.9. The first kappa shape index (κ1) is 12.9. The number of nitrogens with zero attached hydrogens (tertiary/aromatic N) is 1. The number of hydrogen-bond acceptors (Lipinski definition) is 3. The molecule has 0 bridgehead atoms. The molecule has 1 aliphatic heterocycles. The molecule has 0 aromatic carbocycles. The summed E-state index contributed by atoms with van der Waals surface area (Å²) in [6.45, 7) is 3.19. The number of sulfonamides is 1. The van der Waals surface area contributed by atoms with Crippen molar-refractivity contribution in [1.82, 2.24) is 4.31 Å². The Balaban J connectivity index is 2.60. The summed E-state index contributed by atoms with van der Waals surface area (Å²) in [5, 5.41) is 0. The zero-order chi connectivity index (χ0) is 11.3. The van der Waals surface area contributed by atoms with E-state index in [-0.39, 0.29) is 11.8 Å². The quantitative estimate of drug-likeness (QED) is 0.695. The van der Waals surface area contributed by atoms with Crippen molar-refractivity contribution in [1.29, 1.82) is 0 Å². The number of hydrogen-bond donors (Lipinski definition) is 0. The molecule has 0 saturated carbocycles. The minimum Gasteiger partial charge on any atom is -0.383 e. The van der Waals surface area contributed by atoms with Gasteiger partial charge in [0.05, 0.1) is 12.4 Å². The summed E-state index contributed by atoms with van der Waals surface area (Å²) in [5.74, 6) is 0.281. The lowest BCUT2D eigenvalue weighted by molar-refractivity contribution is 0.149. The fourth-order valence-electron chi connectivity index (χ4n) is 1.98. The van der Waals surface area contributed by atoms with Crippen molar-refractivity contribution in [2.24, 2.45) is 0 Å². The summed E-state index contributed by atoms with van der Waals surface area (Å²) in [4.78, 5) is 0. The first-order valence-electron chi connectivity index (χ1n) is 5.60. The third kappa shape index (κ3) is 3.43. The van der Waals surface area contributed by atoms with Gasteiger partial charge in [0, 0.05) is 19.7 Å². The molecule has 1 heterocycles. The number of rotatable bonds is 6. The fourth-order valence-corrected chi connectivity index (χ4v) is 3.89. The van der Waals surface area contributed by atoms with Crippen LogP contribution in [0, 0.1) is 0 Å². The molecule has 0 aromatic heterocycles. The molecule has 0 spiro atoms. The molecule has 90 valence electrons. The second-order valence-electron chi connectivity index (χ2n) is 4.03. The predicted molar refractivity (Wildman–Crippen MR) is 60.3 cm³/mol. The number of methoxy groups -OCH3 is 1.